The zero-order valence-electron chi connectivity index (χ0n) is 19.4. The molecule has 7 heteroatoms. The Bertz CT molecular complexity index is 425. The van der Waals surface area contributed by atoms with E-state index in [1.807, 2.05) is 0 Å². The van der Waals surface area contributed by atoms with E-state index in [-0.39, 0.29) is 0 Å². The number of rotatable bonds is 15. The fourth-order valence-corrected chi connectivity index (χ4v) is 5.04. The van der Waals surface area contributed by atoms with Crippen LogP contribution in [0.25, 0.3) is 0 Å². The van der Waals surface area contributed by atoms with Gasteiger partial charge in [-0.25, -0.2) is 4.21 Å². The molecule has 0 unspecified atom stereocenters. The second-order valence-electron chi connectivity index (χ2n) is 9.18. The molecule has 29 heavy (non-hydrogen) atoms. The van der Waals surface area contributed by atoms with Crippen LogP contribution in [0.1, 0.15) is 96.8 Å². The predicted molar refractivity (Wildman–Crippen MR) is 130 cm³/mol. The SMILES string of the molecule is CCCCCCCCCCCCCCCC[N+]1(C)CCSCC1.CS(=O)(O)(O)O. The van der Waals surface area contributed by atoms with Crippen molar-refractivity contribution in [2.75, 3.05) is 44.4 Å². The summed E-state index contributed by atoms with van der Waals surface area (Å²) in [6, 6.07) is 0. The maximum absolute atomic E-state index is 9.46. The van der Waals surface area contributed by atoms with Crippen LogP contribution in [0, 0.1) is 0 Å². The first kappa shape index (κ1) is 29.3. The van der Waals surface area contributed by atoms with Gasteiger partial charge in [0.15, 0.2) is 9.91 Å². The lowest BCUT2D eigenvalue weighted by molar-refractivity contribution is -0.906. The third-order valence-corrected chi connectivity index (χ3v) is 6.54. The van der Waals surface area contributed by atoms with Crippen LogP contribution in [0.15, 0.2) is 0 Å². The molecule has 0 aromatic heterocycles. The summed E-state index contributed by atoms with van der Waals surface area (Å²) in [4.78, 5) is 0. The van der Waals surface area contributed by atoms with E-state index in [2.05, 4.69) is 25.7 Å². The van der Waals surface area contributed by atoms with E-state index in [0.717, 1.165) is 0 Å². The van der Waals surface area contributed by atoms with Crippen molar-refractivity contribution in [1.29, 1.82) is 0 Å². The summed E-state index contributed by atoms with van der Waals surface area (Å²) in [6.07, 6.45) is 21.0. The minimum absolute atomic E-state index is 0.428. The molecule has 0 atom stereocenters. The van der Waals surface area contributed by atoms with E-state index in [9.17, 15) is 4.21 Å². The molecule has 1 aliphatic rings. The van der Waals surface area contributed by atoms with Gasteiger partial charge in [0.2, 0.25) is 0 Å². The third-order valence-electron chi connectivity index (χ3n) is 5.60. The molecule has 1 heterocycles. The van der Waals surface area contributed by atoms with Crippen LogP contribution in [0.4, 0.5) is 0 Å². The topological polar surface area (TPSA) is 77.8 Å². The van der Waals surface area contributed by atoms with Crippen LogP contribution < -0.4 is 0 Å². The van der Waals surface area contributed by atoms with Gasteiger partial charge in [-0.15, -0.1) is 0 Å². The van der Waals surface area contributed by atoms with Crippen molar-refractivity contribution >= 4 is 21.7 Å². The summed E-state index contributed by atoms with van der Waals surface area (Å²) in [7, 11) is -2.63. The number of thioether (sulfide) groups is 1. The number of nitrogens with zero attached hydrogens (tertiary/aromatic N) is 1. The molecule has 0 aromatic carbocycles. The van der Waals surface area contributed by atoms with Crippen molar-refractivity contribution in [2.24, 2.45) is 0 Å². The summed E-state index contributed by atoms with van der Waals surface area (Å²) in [5.74, 6) is 2.77. The Kier molecular flexibility index (Phi) is 16.2. The van der Waals surface area contributed by atoms with Crippen LogP contribution in [0.3, 0.4) is 0 Å². The van der Waals surface area contributed by atoms with Gasteiger partial charge in [-0.3, -0.25) is 13.7 Å². The smallest absolute Gasteiger partial charge is 0.183 e. The minimum atomic E-state index is -5.10. The maximum Gasteiger partial charge on any atom is 0.183 e. The largest absolute Gasteiger partial charge is 0.325 e. The number of quaternary nitrogens is 1. The van der Waals surface area contributed by atoms with Crippen LogP contribution in [-0.2, 0) is 9.91 Å². The minimum Gasteiger partial charge on any atom is -0.325 e. The van der Waals surface area contributed by atoms with Gasteiger partial charge in [0.05, 0.1) is 32.9 Å². The first-order valence-electron chi connectivity index (χ1n) is 11.8. The Morgan fingerprint density at radius 3 is 1.38 bits per heavy atom. The fourth-order valence-electron chi connectivity index (χ4n) is 3.70. The van der Waals surface area contributed by atoms with Crippen molar-refractivity contribution in [3.63, 3.8) is 0 Å². The van der Waals surface area contributed by atoms with E-state index in [1.54, 1.807) is 0 Å². The number of hydrogen-bond donors (Lipinski definition) is 3. The molecule has 0 saturated carbocycles. The summed E-state index contributed by atoms with van der Waals surface area (Å²) >= 11 is 2.14. The molecule has 1 fully saturated rings. The maximum atomic E-state index is 9.46. The highest BCUT2D eigenvalue weighted by Crippen LogP contribution is 2.18. The molecular weight excluding hydrogens is 406 g/mol. The monoisotopic (exact) mass is 456 g/mol. The molecule has 1 rings (SSSR count). The first-order valence-corrected chi connectivity index (χ1v) is 15.2. The molecule has 0 radical (unpaired) electrons. The van der Waals surface area contributed by atoms with E-state index >= 15 is 0 Å². The zero-order chi connectivity index (χ0) is 22.1. The lowest BCUT2D eigenvalue weighted by Gasteiger charge is -2.37. The molecule has 178 valence electrons. The second kappa shape index (κ2) is 16.0. The lowest BCUT2D eigenvalue weighted by atomic mass is 10.0. The van der Waals surface area contributed by atoms with Crippen LogP contribution in [-0.4, -0.2) is 66.8 Å². The summed E-state index contributed by atoms with van der Waals surface area (Å²) in [5.41, 5.74) is 0. The molecular formula is C22H50NO4S2+. The number of hydrogen-bond acceptors (Lipinski definition) is 2. The van der Waals surface area contributed by atoms with Gasteiger partial charge in [-0.1, -0.05) is 84.0 Å². The normalized spacial score (nSPS) is 17.8. The van der Waals surface area contributed by atoms with Gasteiger partial charge >= 0.3 is 0 Å². The molecule has 0 spiro atoms. The molecule has 1 saturated heterocycles. The second-order valence-corrected chi connectivity index (χ2v) is 12.8. The molecule has 0 aliphatic carbocycles. The van der Waals surface area contributed by atoms with Crippen LogP contribution in [0.2, 0.25) is 0 Å². The summed E-state index contributed by atoms with van der Waals surface area (Å²) < 4.78 is 33.8. The van der Waals surface area contributed by atoms with Gasteiger partial charge in [0.1, 0.15) is 0 Å². The molecule has 5 nitrogen and oxygen atoms in total. The fraction of sp³-hybridized carbons (Fsp3) is 1.00. The van der Waals surface area contributed by atoms with Gasteiger partial charge < -0.3 is 4.48 Å². The van der Waals surface area contributed by atoms with Crippen LogP contribution >= 0.6 is 11.8 Å². The van der Waals surface area contributed by atoms with Crippen molar-refractivity contribution in [3.05, 3.63) is 0 Å². The highest BCUT2D eigenvalue weighted by Gasteiger charge is 2.23. The van der Waals surface area contributed by atoms with Crippen molar-refractivity contribution in [3.8, 4) is 0 Å². The van der Waals surface area contributed by atoms with E-state index in [1.165, 1.54) is 126 Å². The standard InChI is InChI=1S/C21H44NS.CH6O4S/c1-3-4-5-6-7-8-9-10-11-12-13-14-15-16-17-22(2)18-20-23-21-19-22;1-6(2,3,4)5/h3-21H2,1-2H3;1H3,(H3,2,3,4,5)/q+1;. The van der Waals surface area contributed by atoms with E-state index < -0.39 is 9.91 Å². The summed E-state index contributed by atoms with van der Waals surface area (Å²) in [5, 5.41) is 0. The van der Waals surface area contributed by atoms with Crippen LogP contribution in [0.5, 0.6) is 0 Å². The van der Waals surface area contributed by atoms with Gasteiger partial charge in [-0.2, -0.15) is 11.8 Å². The Balaban J connectivity index is 0.00000113. The highest BCUT2D eigenvalue weighted by atomic mass is 32.3. The highest BCUT2D eigenvalue weighted by molar-refractivity contribution is 8.04. The van der Waals surface area contributed by atoms with Crippen molar-refractivity contribution in [1.82, 2.24) is 0 Å². The molecule has 1 aliphatic heterocycles. The molecule has 0 aromatic rings. The molecule has 0 amide bonds. The van der Waals surface area contributed by atoms with Gasteiger partial charge in [-0.05, 0) is 12.8 Å². The Labute approximate surface area is 185 Å². The van der Waals surface area contributed by atoms with Gasteiger partial charge in [0.25, 0.3) is 0 Å². The van der Waals surface area contributed by atoms with Crippen molar-refractivity contribution in [2.45, 2.75) is 96.8 Å². The molecule has 3 N–H and O–H groups in total. The Morgan fingerprint density at radius 1 is 0.724 bits per heavy atom. The zero-order valence-corrected chi connectivity index (χ0v) is 21.1. The average Bonchev–Trinajstić information content (AvgIpc) is 2.60. The number of unbranched alkanes of at least 4 members (excludes halogenated alkanes) is 13. The Morgan fingerprint density at radius 2 is 1.03 bits per heavy atom. The molecule has 0 bridgehead atoms. The first-order chi connectivity index (χ1) is 13.5. The predicted octanol–water partition coefficient (Wildman–Crippen LogP) is 6.52. The van der Waals surface area contributed by atoms with Crippen molar-refractivity contribution < 1.29 is 22.4 Å². The lowest BCUT2D eigenvalue weighted by Crippen LogP contribution is -2.50. The van der Waals surface area contributed by atoms with E-state index in [0.29, 0.717) is 6.26 Å². The Hall–Kier alpha value is 0.340. The quantitative estimate of drug-likeness (QED) is 0.193. The average molecular weight is 457 g/mol. The van der Waals surface area contributed by atoms with E-state index in [4.69, 9.17) is 13.7 Å². The summed E-state index contributed by atoms with van der Waals surface area (Å²) in [6.45, 7) is 6.54. The third kappa shape index (κ3) is 26.3. The van der Waals surface area contributed by atoms with Gasteiger partial charge in [0, 0.05) is 11.5 Å².